The Hall–Kier alpha value is -3.00. The molecule has 0 atom stereocenters. The molecule has 0 aliphatic rings. The number of hydrogen-bond acceptors (Lipinski definition) is 4. The predicted octanol–water partition coefficient (Wildman–Crippen LogP) is 6.10. The van der Waals surface area contributed by atoms with Crippen LogP contribution in [0.5, 0.6) is 5.75 Å². The van der Waals surface area contributed by atoms with Gasteiger partial charge in [-0.25, -0.2) is 0 Å². The first-order chi connectivity index (χ1) is 14.1. The molecule has 2 aromatic carbocycles. The van der Waals surface area contributed by atoms with Crippen molar-refractivity contribution in [2.45, 2.75) is 33.6 Å². The Labute approximate surface area is 175 Å². The third-order valence-corrected chi connectivity index (χ3v) is 4.93. The topological polar surface area (TPSA) is 64.4 Å². The minimum Gasteiger partial charge on any atom is -0.489 e. The van der Waals surface area contributed by atoms with Gasteiger partial charge in [0, 0.05) is 0 Å². The fourth-order valence-electron chi connectivity index (χ4n) is 2.68. The molecule has 0 radical (unpaired) electrons. The SMILES string of the molecule is Cc1ccc(OCc2c(C(=O)Nc3cc(C(F)(F)F)ccc3Cl)noc2C)cc1C. The number of carbonyl (C=O) groups excluding carboxylic acids is 1. The fourth-order valence-corrected chi connectivity index (χ4v) is 2.84. The number of rotatable bonds is 5. The van der Waals surface area contributed by atoms with Crippen LogP contribution in [0, 0.1) is 20.8 Å². The van der Waals surface area contributed by atoms with Gasteiger partial charge in [0.2, 0.25) is 0 Å². The summed E-state index contributed by atoms with van der Waals surface area (Å²) in [5.41, 5.74) is 1.34. The van der Waals surface area contributed by atoms with Crippen molar-refractivity contribution < 1.29 is 27.2 Å². The van der Waals surface area contributed by atoms with Gasteiger partial charge < -0.3 is 14.6 Å². The molecule has 1 amide bonds. The van der Waals surface area contributed by atoms with Crippen LogP contribution in [0.3, 0.4) is 0 Å². The van der Waals surface area contributed by atoms with Gasteiger partial charge in [-0.15, -0.1) is 0 Å². The number of benzene rings is 2. The lowest BCUT2D eigenvalue weighted by atomic mass is 10.1. The average Bonchev–Trinajstić information content (AvgIpc) is 3.04. The Kier molecular flexibility index (Phi) is 6.07. The number of halogens is 4. The van der Waals surface area contributed by atoms with Gasteiger partial charge in [0.15, 0.2) is 5.69 Å². The van der Waals surface area contributed by atoms with Crippen molar-refractivity contribution in [3.8, 4) is 5.75 Å². The van der Waals surface area contributed by atoms with Crippen LogP contribution in [0.25, 0.3) is 0 Å². The molecule has 1 N–H and O–H groups in total. The molecule has 0 bridgehead atoms. The minimum absolute atomic E-state index is 0.00306. The molecule has 0 spiro atoms. The zero-order valence-corrected chi connectivity index (χ0v) is 17.1. The summed E-state index contributed by atoms with van der Waals surface area (Å²) in [5, 5.41) is 6.05. The summed E-state index contributed by atoms with van der Waals surface area (Å²) in [6, 6.07) is 8.24. The van der Waals surface area contributed by atoms with Crippen molar-refractivity contribution in [1.82, 2.24) is 5.16 Å². The van der Waals surface area contributed by atoms with Crippen molar-refractivity contribution in [2.75, 3.05) is 5.32 Å². The minimum atomic E-state index is -4.57. The van der Waals surface area contributed by atoms with Crippen molar-refractivity contribution in [3.05, 3.63) is 75.1 Å². The molecule has 1 aromatic heterocycles. The molecule has 0 saturated carbocycles. The van der Waals surface area contributed by atoms with Gasteiger partial charge in [-0.2, -0.15) is 13.2 Å². The highest BCUT2D eigenvalue weighted by Gasteiger charge is 2.31. The van der Waals surface area contributed by atoms with E-state index >= 15 is 0 Å². The number of aryl methyl sites for hydroxylation is 3. The monoisotopic (exact) mass is 438 g/mol. The van der Waals surface area contributed by atoms with Gasteiger partial charge in [0.1, 0.15) is 18.1 Å². The third-order valence-electron chi connectivity index (χ3n) is 4.60. The normalized spacial score (nSPS) is 11.4. The maximum Gasteiger partial charge on any atom is 0.416 e. The molecule has 0 aliphatic carbocycles. The molecule has 0 fully saturated rings. The van der Waals surface area contributed by atoms with Crippen molar-refractivity contribution in [2.24, 2.45) is 0 Å². The summed E-state index contributed by atoms with van der Waals surface area (Å²) in [6.45, 7) is 5.53. The Morgan fingerprint density at radius 3 is 2.53 bits per heavy atom. The molecule has 30 heavy (non-hydrogen) atoms. The van der Waals surface area contributed by atoms with E-state index in [2.05, 4.69) is 10.5 Å². The Morgan fingerprint density at radius 1 is 1.13 bits per heavy atom. The van der Waals surface area contributed by atoms with Gasteiger partial charge >= 0.3 is 6.18 Å². The first-order valence-corrected chi connectivity index (χ1v) is 9.27. The van der Waals surface area contributed by atoms with Gasteiger partial charge in [-0.05, 0) is 62.2 Å². The molecular weight excluding hydrogens is 421 g/mol. The van der Waals surface area contributed by atoms with E-state index in [4.69, 9.17) is 20.9 Å². The van der Waals surface area contributed by atoms with Gasteiger partial charge in [-0.1, -0.05) is 22.8 Å². The number of nitrogens with one attached hydrogen (secondary N) is 1. The number of amides is 1. The van der Waals surface area contributed by atoms with E-state index in [9.17, 15) is 18.0 Å². The summed E-state index contributed by atoms with van der Waals surface area (Å²) >= 11 is 5.94. The second kappa shape index (κ2) is 8.39. The van der Waals surface area contributed by atoms with Crippen molar-refractivity contribution >= 4 is 23.2 Å². The molecular formula is C21H18ClF3N2O3. The largest absolute Gasteiger partial charge is 0.489 e. The van der Waals surface area contributed by atoms with E-state index < -0.39 is 17.6 Å². The molecule has 0 saturated heterocycles. The second-order valence-corrected chi connectivity index (χ2v) is 7.15. The average molecular weight is 439 g/mol. The third kappa shape index (κ3) is 4.76. The van der Waals surface area contributed by atoms with Gasteiger partial charge in [-0.3, -0.25) is 4.79 Å². The number of nitrogens with zero attached hydrogens (tertiary/aromatic N) is 1. The van der Waals surface area contributed by atoms with Crippen LogP contribution < -0.4 is 10.1 Å². The molecule has 1 heterocycles. The van der Waals surface area contributed by atoms with Gasteiger partial charge in [0.25, 0.3) is 5.91 Å². The summed E-state index contributed by atoms with van der Waals surface area (Å²) in [6.07, 6.45) is -4.57. The lowest BCUT2D eigenvalue weighted by molar-refractivity contribution is -0.137. The highest BCUT2D eigenvalue weighted by atomic mass is 35.5. The standard InChI is InChI=1S/C21H18ClF3N2O3/c1-11-4-6-15(8-12(11)2)29-10-16-13(3)30-27-19(16)20(28)26-18-9-14(21(23,24)25)5-7-17(18)22/h4-9H,10H2,1-3H3,(H,26,28). The van der Waals surface area contributed by atoms with Gasteiger partial charge in [0.05, 0.1) is 21.8 Å². The summed E-state index contributed by atoms with van der Waals surface area (Å²) in [7, 11) is 0. The maximum absolute atomic E-state index is 12.9. The first-order valence-electron chi connectivity index (χ1n) is 8.89. The molecule has 3 rings (SSSR count). The Morgan fingerprint density at radius 2 is 1.87 bits per heavy atom. The van der Waals surface area contributed by atoms with Crippen LogP contribution in [0.2, 0.25) is 5.02 Å². The fraction of sp³-hybridized carbons (Fsp3) is 0.238. The Bertz CT molecular complexity index is 1090. The molecule has 9 heteroatoms. The number of alkyl halides is 3. The summed E-state index contributed by atoms with van der Waals surface area (Å²) in [5.74, 6) is 0.205. The van der Waals surface area contributed by atoms with E-state index in [0.717, 1.165) is 29.3 Å². The van der Waals surface area contributed by atoms with Crippen LogP contribution in [0.1, 0.15) is 38.5 Å². The van der Waals surface area contributed by atoms with Crippen LogP contribution in [-0.2, 0) is 12.8 Å². The van der Waals surface area contributed by atoms with E-state index in [1.54, 1.807) is 13.0 Å². The van der Waals surface area contributed by atoms with Crippen LogP contribution in [0.15, 0.2) is 40.9 Å². The molecule has 3 aromatic rings. The zero-order chi connectivity index (χ0) is 22.1. The maximum atomic E-state index is 12.9. The first kappa shape index (κ1) is 21.7. The zero-order valence-electron chi connectivity index (χ0n) is 16.4. The van der Waals surface area contributed by atoms with E-state index in [1.807, 2.05) is 26.0 Å². The number of hydrogen-bond donors (Lipinski definition) is 1. The van der Waals surface area contributed by atoms with E-state index in [0.29, 0.717) is 17.1 Å². The summed E-state index contributed by atoms with van der Waals surface area (Å²) in [4.78, 5) is 12.6. The van der Waals surface area contributed by atoms with E-state index in [1.165, 1.54) is 0 Å². The van der Waals surface area contributed by atoms with Crippen molar-refractivity contribution in [3.63, 3.8) is 0 Å². The quantitative estimate of drug-likeness (QED) is 0.522. The molecule has 0 aliphatic heterocycles. The van der Waals surface area contributed by atoms with E-state index in [-0.39, 0.29) is 23.0 Å². The van der Waals surface area contributed by atoms with Crippen molar-refractivity contribution in [1.29, 1.82) is 0 Å². The lowest BCUT2D eigenvalue weighted by Crippen LogP contribution is -2.16. The number of aromatic nitrogens is 1. The highest BCUT2D eigenvalue weighted by molar-refractivity contribution is 6.34. The second-order valence-electron chi connectivity index (χ2n) is 6.75. The Balaban J connectivity index is 1.80. The smallest absolute Gasteiger partial charge is 0.416 e. The molecule has 5 nitrogen and oxygen atoms in total. The lowest BCUT2D eigenvalue weighted by Gasteiger charge is -2.12. The highest BCUT2D eigenvalue weighted by Crippen LogP contribution is 2.34. The van der Waals surface area contributed by atoms with Crippen LogP contribution in [0.4, 0.5) is 18.9 Å². The molecule has 0 unspecified atom stereocenters. The molecule has 158 valence electrons. The predicted molar refractivity (Wildman–Crippen MR) is 106 cm³/mol. The summed E-state index contributed by atoms with van der Waals surface area (Å²) < 4.78 is 49.7. The number of carbonyl (C=O) groups is 1. The van der Waals surface area contributed by atoms with Crippen LogP contribution in [-0.4, -0.2) is 11.1 Å². The number of ether oxygens (including phenoxy) is 1. The van der Waals surface area contributed by atoms with Crippen LogP contribution >= 0.6 is 11.6 Å². The number of anilines is 1.